The van der Waals surface area contributed by atoms with Crippen molar-refractivity contribution in [3.05, 3.63) is 0 Å². The van der Waals surface area contributed by atoms with Gasteiger partial charge < -0.3 is 15.0 Å². The van der Waals surface area contributed by atoms with E-state index in [9.17, 15) is 4.79 Å². The van der Waals surface area contributed by atoms with Crippen LogP contribution in [0.25, 0.3) is 0 Å². The number of nitrogens with one attached hydrogen (secondary N) is 1. The molecule has 0 saturated carbocycles. The van der Waals surface area contributed by atoms with Crippen LogP contribution >= 0.6 is 0 Å². The monoisotopic (exact) mass is 228 g/mol. The quantitative estimate of drug-likeness (QED) is 0.781. The van der Waals surface area contributed by atoms with Crippen molar-refractivity contribution >= 4 is 5.91 Å². The Bertz CT molecular complexity index is 233. The molecule has 0 aliphatic carbocycles. The average Bonchev–Trinajstić information content (AvgIpc) is 2.28. The summed E-state index contributed by atoms with van der Waals surface area (Å²) in [6, 6.07) is 0.597. The maximum Gasteiger partial charge on any atom is 0.236 e. The molecule has 1 aliphatic heterocycles. The third-order valence-corrected chi connectivity index (χ3v) is 3.14. The first-order valence-electron chi connectivity index (χ1n) is 6.19. The molecule has 4 nitrogen and oxygen atoms in total. The number of hydrogen-bond acceptors (Lipinski definition) is 3. The molecule has 0 aromatic rings. The van der Waals surface area contributed by atoms with Gasteiger partial charge in [0.1, 0.15) is 0 Å². The second-order valence-electron chi connectivity index (χ2n) is 4.73. The second-order valence-corrected chi connectivity index (χ2v) is 4.73. The van der Waals surface area contributed by atoms with Gasteiger partial charge in [-0.2, -0.15) is 0 Å². The molecular weight excluding hydrogens is 204 g/mol. The van der Waals surface area contributed by atoms with Crippen molar-refractivity contribution in [3.8, 4) is 0 Å². The predicted octanol–water partition coefficient (Wildman–Crippen LogP) is 1.01. The molecule has 0 bridgehead atoms. The van der Waals surface area contributed by atoms with Crippen molar-refractivity contribution in [1.82, 2.24) is 10.2 Å². The number of carbonyl (C=O) groups excluding carboxylic acids is 1. The Kier molecular flexibility index (Phi) is 5.22. The highest BCUT2D eigenvalue weighted by molar-refractivity contribution is 5.78. The highest BCUT2D eigenvalue weighted by atomic mass is 16.5. The molecule has 1 saturated heterocycles. The van der Waals surface area contributed by atoms with Gasteiger partial charge in [-0.25, -0.2) is 0 Å². The Morgan fingerprint density at radius 1 is 1.56 bits per heavy atom. The lowest BCUT2D eigenvalue weighted by molar-refractivity contribution is -0.142. The molecular formula is C12H24N2O2. The predicted molar refractivity (Wildman–Crippen MR) is 64.3 cm³/mol. The SMILES string of the molecule is CCC(C)NCC(=O)N1CC(C)OCC1C. The Labute approximate surface area is 98.3 Å². The molecule has 3 atom stereocenters. The molecule has 0 aromatic heterocycles. The van der Waals surface area contributed by atoms with E-state index in [0.29, 0.717) is 25.7 Å². The van der Waals surface area contributed by atoms with Gasteiger partial charge in [-0.05, 0) is 27.2 Å². The minimum Gasteiger partial charge on any atom is -0.375 e. The zero-order valence-electron chi connectivity index (χ0n) is 10.8. The van der Waals surface area contributed by atoms with Crippen molar-refractivity contribution in [3.63, 3.8) is 0 Å². The molecule has 0 radical (unpaired) electrons. The second kappa shape index (κ2) is 6.21. The molecule has 94 valence electrons. The minimum atomic E-state index is 0.156. The summed E-state index contributed by atoms with van der Waals surface area (Å²) in [6.07, 6.45) is 1.20. The number of carbonyl (C=O) groups is 1. The van der Waals surface area contributed by atoms with Crippen LogP contribution in [-0.2, 0) is 9.53 Å². The van der Waals surface area contributed by atoms with E-state index in [2.05, 4.69) is 19.2 Å². The van der Waals surface area contributed by atoms with Gasteiger partial charge in [-0.15, -0.1) is 0 Å². The molecule has 4 heteroatoms. The molecule has 0 spiro atoms. The Morgan fingerprint density at radius 3 is 2.88 bits per heavy atom. The average molecular weight is 228 g/mol. The molecule has 1 amide bonds. The van der Waals surface area contributed by atoms with Crippen LogP contribution in [0.3, 0.4) is 0 Å². The van der Waals surface area contributed by atoms with Gasteiger partial charge in [0.05, 0.1) is 25.3 Å². The fourth-order valence-corrected chi connectivity index (χ4v) is 1.76. The van der Waals surface area contributed by atoms with Crippen LogP contribution < -0.4 is 5.32 Å². The minimum absolute atomic E-state index is 0.156. The van der Waals surface area contributed by atoms with Gasteiger partial charge in [0.15, 0.2) is 0 Å². The molecule has 1 aliphatic rings. The summed E-state index contributed by atoms with van der Waals surface area (Å²) in [5.41, 5.74) is 0. The Balaban J connectivity index is 2.39. The van der Waals surface area contributed by atoms with Crippen molar-refractivity contribution < 1.29 is 9.53 Å². The number of nitrogens with zero attached hydrogens (tertiary/aromatic N) is 1. The standard InChI is InChI=1S/C12H24N2O2/c1-5-9(2)13-6-12(15)14-7-11(4)16-8-10(14)3/h9-11,13H,5-8H2,1-4H3. The Hall–Kier alpha value is -0.610. The molecule has 3 unspecified atom stereocenters. The lowest BCUT2D eigenvalue weighted by atomic mass is 10.2. The lowest BCUT2D eigenvalue weighted by Crippen LogP contribution is -2.53. The topological polar surface area (TPSA) is 41.6 Å². The molecule has 1 fully saturated rings. The van der Waals surface area contributed by atoms with Crippen LogP contribution in [0.2, 0.25) is 0 Å². The van der Waals surface area contributed by atoms with E-state index < -0.39 is 0 Å². The van der Waals surface area contributed by atoms with Crippen LogP contribution in [0.1, 0.15) is 34.1 Å². The summed E-state index contributed by atoms with van der Waals surface area (Å²) in [7, 11) is 0. The van der Waals surface area contributed by atoms with E-state index in [1.54, 1.807) is 0 Å². The van der Waals surface area contributed by atoms with Gasteiger partial charge in [0.2, 0.25) is 5.91 Å². The molecule has 16 heavy (non-hydrogen) atoms. The van der Waals surface area contributed by atoms with Crippen molar-refractivity contribution in [2.75, 3.05) is 19.7 Å². The molecule has 1 N–H and O–H groups in total. The number of amides is 1. The van der Waals surface area contributed by atoms with E-state index in [1.807, 2.05) is 18.7 Å². The van der Waals surface area contributed by atoms with E-state index >= 15 is 0 Å². The van der Waals surface area contributed by atoms with E-state index in [-0.39, 0.29) is 18.1 Å². The van der Waals surface area contributed by atoms with Gasteiger partial charge >= 0.3 is 0 Å². The van der Waals surface area contributed by atoms with Crippen LogP contribution in [0, 0.1) is 0 Å². The summed E-state index contributed by atoms with van der Waals surface area (Å²) in [6.45, 7) is 10.0. The lowest BCUT2D eigenvalue weighted by Gasteiger charge is -2.37. The normalized spacial score (nSPS) is 27.9. The Morgan fingerprint density at radius 2 is 2.25 bits per heavy atom. The third-order valence-electron chi connectivity index (χ3n) is 3.14. The highest BCUT2D eigenvalue weighted by Crippen LogP contribution is 2.11. The van der Waals surface area contributed by atoms with E-state index in [4.69, 9.17) is 4.74 Å². The largest absolute Gasteiger partial charge is 0.375 e. The van der Waals surface area contributed by atoms with Gasteiger partial charge in [-0.3, -0.25) is 4.79 Å². The van der Waals surface area contributed by atoms with Gasteiger partial charge in [0.25, 0.3) is 0 Å². The summed E-state index contributed by atoms with van der Waals surface area (Å²) in [5, 5.41) is 3.23. The summed E-state index contributed by atoms with van der Waals surface area (Å²) >= 11 is 0. The van der Waals surface area contributed by atoms with Crippen LogP contribution in [0.5, 0.6) is 0 Å². The number of ether oxygens (including phenoxy) is 1. The van der Waals surface area contributed by atoms with Crippen molar-refractivity contribution in [2.24, 2.45) is 0 Å². The third kappa shape index (κ3) is 3.76. The fourth-order valence-electron chi connectivity index (χ4n) is 1.76. The molecule has 1 rings (SSSR count). The summed E-state index contributed by atoms with van der Waals surface area (Å²) in [5.74, 6) is 0.183. The van der Waals surface area contributed by atoms with Crippen LogP contribution in [0.4, 0.5) is 0 Å². The van der Waals surface area contributed by atoms with Crippen molar-refractivity contribution in [1.29, 1.82) is 0 Å². The molecule has 0 aromatic carbocycles. The first kappa shape index (κ1) is 13.5. The maximum atomic E-state index is 12.0. The number of hydrogen-bond donors (Lipinski definition) is 1. The number of morpholine rings is 1. The fraction of sp³-hybridized carbons (Fsp3) is 0.917. The first-order valence-corrected chi connectivity index (χ1v) is 6.19. The van der Waals surface area contributed by atoms with E-state index in [1.165, 1.54) is 0 Å². The summed E-state index contributed by atoms with van der Waals surface area (Å²) in [4.78, 5) is 13.9. The van der Waals surface area contributed by atoms with E-state index in [0.717, 1.165) is 6.42 Å². The van der Waals surface area contributed by atoms with Gasteiger partial charge in [-0.1, -0.05) is 6.92 Å². The highest BCUT2D eigenvalue weighted by Gasteiger charge is 2.27. The smallest absolute Gasteiger partial charge is 0.236 e. The van der Waals surface area contributed by atoms with Gasteiger partial charge in [0, 0.05) is 12.6 Å². The zero-order chi connectivity index (χ0) is 12.1. The number of rotatable bonds is 4. The van der Waals surface area contributed by atoms with Crippen LogP contribution in [-0.4, -0.2) is 48.7 Å². The first-order chi connectivity index (χ1) is 7.54. The van der Waals surface area contributed by atoms with Crippen LogP contribution in [0.15, 0.2) is 0 Å². The summed E-state index contributed by atoms with van der Waals surface area (Å²) < 4.78 is 5.50. The van der Waals surface area contributed by atoms with Crippen molar-refractivity contribution in [2.45, 2.75) is 52.3 Å². The maximum absolute atomic E-state index is 12.0. The molecule has 1 heterocycles. The zero-order valence-corrected chi connectivity index (χ0v) is 10.8.